The maximum atomic E-state index is 12.2. The zero-order valence-corrected chi connectivity index (χ0v) is 14.9. The summed E-state index contributed by atoms with van der Waals surface area (Å²) in [4.78, 5) is 36.2. The minimum atomic E-state index is -0.853. The highest BCUT2D eigenvalue weighted by Gasteiger charge is 2.15. The van der Waals surface area contributed by atoms with Crippen molar-refractivity contribution in [2.45, 2.75) is 0 Å². The number of fused-ring (bicyclic) bond motifs is 1. The van der Waals surface area contributed by atoms with Crippen molar-refractivity contribution in [3.8, 4) is 5.75 Å². The number of methoxy groups -OCH3 is 1. The van der Waals surface area contributed by atoms with Crippen molar-refractivity contribution < 1.29 is 18.7 Å². The molecular formula is C20H14ClNO5. The molecule has 2 aromatic carbocycles. The highest BCUT2D eigenvalue weighted by molar-refractivity contribution is 6.31. The second-order valence-electron chi connectivity index (χ2n) is 5.55. The van der Waals surface area contributed by atoms with Gasteiger partial charge in [0.2, 0.25) is 0 Å². The van der Waals surface area contributed by atoms with E-state index in [4.69, 9.17) is 20.8 Å². The van der Waals surface area contributed by atoms with Gasteiger partial charge in [0, 0.05) is 22.6 Å². The van der Waals surface area contributed by atoms with Gasteiger partial charge < -0.3 is 9.15 Å². The molecule has 1 aromatic heterocycles. The van der Waals surface area contributed by atoms with E-state index in [2.05, 4.69) is 5.32 Å². The molecule has 1 heterocycles. The number of hydrogen-bond donors (Lipinski definition) is 1. The maximum absolute atomic E-state index is 12.2. The Labute approximate surface area is 159 Å². The van der Waals surface area contributed by atoms with E-state index in [1.54, 1.807) is 43.5 Å². The summed E-state index contributed by atoms with van der Waals surface area (Å²) in [6.45, 7) is 0. The molecule has 0 radical (unpaired) electrons. The predicted octanol–water partition coefficient (Wildman–Crippen LogP) is 3.42. The summed E-state index contributed by atoms with van der Waals surface area (Å²) in [5.74, 6) is -0.813. The second-order valence-corrected chi connectivity index (χ2v) is 5.99. The lowest BCUT2D eigenvalue weighted by molar-refractivity contribution is -0.115. The second kappa shape index (κ2) is 7.88. The number of carbonyl (C=O) groups excluding carboxylic acids is 2. The summed E-state index contributed by atoms with van der Waals surface area (Å²) in [6, 6.07) is 13.1. The normalized spacial score (nSPS) is 10.9. The van der Waals surface area contributed by atoms with E-state index in [0.717, 1.165) is 5.56 Å². The topological polar surface area (TPSA) is 85.6 Å². The molecule has 0 atom stereocenters. The van der Waals surface area contributed by atoms with Gasteiger partial charge in [0.1, 0.15) is 16.9 Å². The summed E-state index contributed by atoms with van der Waals surface area (Å²) in [6.07, 6.45) is 2.73. The van der Waals surface area contributed by atoms with Crippen molar-refractivity contribution in [2.24, 2.45) is 0 Å². The molecule has 6 nitrogen and oxygen atoms in total. The average Bonchev–Trinajstić information content (AvgIpc) is 2.66. The Morgan fingerprint density at radius 2 is 1.85 bits per heavy atom. The summed E-state index contributed by atoms with van der Waals surface area (Å²) >= 11 is 5.84. The van der Waals surface area contributed by atoms with Gasteiger partial charge in [-0.25, -0.2) is 4.79 Å². The van der Waals surface area contributed by atoms with Gasteiger partial charge in [0.25, 0.3) is 11.8 Å². The molecule has 0 aliphatic heterocycles. The first-order chi connectivity index (χ1) is 13.0. The van der Waals surface area contributed by atoms with Crippen LogP contribution in [0.15, 0.2) is 63.8 Å². The van der Waals surface area contributed by atoms with E-state index in [1.807, 2.05) is 0 Å². The molecule has 136 valence electrons. The van der Waals surface area contributed by atoms with Crippen molar-refractivity contribution >= 4 is 40.5 Å². The van der Waals surface area contributed by atoms with Crippen LogP contribution in [0.4, 0.5) is 0 Å². The number of nitrogens with one attached hydrogen (secondary N) is 1. The zero-order chi connectivity index (χ0) is 19.4. The largest absolute Gasteiger partial charge is 0.497 e. The Bertz CT molecular complexity index is 1100. The monoisotopic (exact) mass is 383 g/mol. The standard InChI is InChI=1S/C20H14ClNO5/c1-26-15-7-2-12(3-8-15)4-9-18(23)22-19(24)16-10-13-5-6-14(21)11-17(13)27-20(16)25/h2-11H,1H3,(H,22,23,24)/b9-4-. The van der Waals surface area contributed by atoms with E-state index < -0.39 is 17.4 Å². The van der Waals surface area contributed by atoms with Gasteiger partial charge in [-0.3, -0.25) is 14.9 Å². The molecule has 0 bridgehead atoms. The van der Waals surface area contributed by atoms with Crippen LogP contribution in [-0.4, -0.2) is 18.9 Å². The summed E-state index contributed by atoms with van der Waals surface area (Å²) < 4.78 is 10.1. The highest BCUT2D eigenvalue weighted by atomic mass is 35.5. The van der Waals surface area contributed by atoms with Gasteiger partial charge in [-0.1, -0.05) is 23.7 Å². The lowest BCUT2D eigenvalue weighted by Gasteiger charge is -2.03. The predicted molar refractivity (Wildman–Crippen MR) is 102 cm³/mol. The fraction of sp³-hybridized carbons (Fsp3) is 0.0500. The zero-order valence-electron chi connectivity index (χ0n) is 14.2. The minimum absolute atomic E-state index is 0.259. The molecule has 27 heavy (non-hydrogen) atoms. The molecule has 0 spiro atoms. The first-order valence-electron chi connectivity index (χ1n) is 7.87. The molecular weight excluding hydrogens is 370 g/mol. The summed E-state index contributed by atoms with van der Waals surface area (Å²) in [5, 5.41) is 3.05. The smallest absolute Gasteiger partial charge is 0.349 e. The molecule has 3 aromatic rings. The summed E-state index contributed by atoms with van der Waals surface area (Å²) in [5.41, 5.74) is -0.111. The van der Waals surface area contributed by atoms with Gasteiger partial charge in [-0.15, -0.1) is 0 Å². The molecule has 7 heteroatoms. The Balaban J connectivity index is 1.74. The molecule has 3 rings (SSSR count). The number of rotatable bonds is 4. The molecule has 0 fully saturated rings. The highest BCUT2D eigenvalue weighted by Crippen LogP contribution is 2.18. The maximum Gasteiger partial charge on any atom is 0.349 e. The van der Waals surface area contributed by atoms with Crippen molar-refractivity contribution in [1.29, 1.82) is 0 Å². The van der Waals surface area contributed by atoms with Crippen LogP contribution in [0.1, 0.15) is 15.9 Å². The number of imide groups is 1. The van der Waals surface area contributed by atoms with Gasteiger partial charge in [0.15, 0.2) is 0 Å². The first kappa shape index (κ1) is 18.4. The third-order valence-electron chi connectivity index (χ3n) is 3.72. The van der Waals surface area contributed by atoms with Crippen molar-refractivity contribution in [1.82, 2.24) is 5.32 Å². The Hall–Kier alpha value is -3.38. The van der Waals surface area contributed by atoms with E-state index in [0.29, 0.717) is 16.2 Å². The third kappa shape index (κ3) is 4.43. The van der Waals surface area contributed by atoms with Crippen LogP contribution in [0.3, 0.4) is 0 Å². The van der Waals surface area contributed by atoms with E-state index in [1.165, 1.54) is 24.3 Å². The molecule has 2 amide bonds. The van der Waals surface area contributed by atoms with Crippen LogP contribution in [0, 0.1) is 0 Å². The number of amides is 2. The van der Waals surface area contributed by atoms with Crippen molar-refractivity contribution in [3.63, 3.8) is 0 Å². The fourth-order valence-corrected chi connectivity index (χ4v) is 2.51. The number of carbonyl (C=O) groups is 2. The molecule has 1 N–H and O–H groups in total. The number of hydrogen-bond acceptors (Lipinski definition) is 5. The van der Waals surface area contributed by atoms with E-state index in [9.17, 15) is 14.4 Å². The molecule has 0 aliphatic rings. The quantitative estimate of drug-likeness (QED) is 0.551. The molecule has 0 aliphatic carbocycles. The van der Waals surface area contributed by atoms with Crippen molar-refractivity contribution in [2.75, 3.05) is 7.11 Å². The number of benzene rings is 2. The van der Waals surface area contributed by atoms with Gasteiger partial charge in [0.05, 0.1) is 7.11 Å². The fourth-order valence-electron chi connectivity index (χ4n) is 2.35. The van der Waals surface area contributed by atoms with Gasteiger partial charge in [-0.2, -0.15) is 0 Å². The lowest BCUT2D eigenvalue weighted by atomic mass is 10.1. The van der Waals surface area contributed by atoms with E-state index in [-0.39, 0.29) is 11.1 Å². The summed E-state index contributed by atoms with van der Waals surface area (Å²) in [7, 11) is 1.56. The van der Waals surface area contributed by atoms with Gasteiger partial charge >= 0.3 is 5.63 Å². The first-order valence-corrected chi connectivity index (χ1v) is 8.25. The van der Waals surface area contributed by atoms with Crippen LogP contribution < -0.4 is 15.7 Å². The van der Waals surface area contributed by atoms with Crippen molar-refractivity contribution in [3.05, 3.63) is 81.2 Å². The van der Waals surface area contributed by atoms with E-state index >= 15 is 0 Å². The van der Waals surface area contributed by atoms with Crippen LogP contribution in [0.25, 0.3) is 17.0 Å². The van der Waals surface area contributed by atoms with Crippen LogP contribution in [0.2, 0.25) is 5.02 Å². The van der Waals surface area contributed by atoms with Crippen LogP contribution in [-0.2, 0) is 4.79 Å². The Morgan fingerprint density at radius 1 is 1.11 bits per heavy atom. The SMILES string of the molecule is COc1ccc(/C=C\C(=O)NC(=O)c2cc3ccc(Cl)cc3oc2=O)cc1. The van der Waals surface area contributed by atoms with Crippen LogP contribution >= 0.6 is 11.6 Å². The van der Waals surface area contributed by atoms with Crippen LogP contribution in [0.5, 0.6) is 5.75 Å². The lowest BCUT2D eigenvalue weighted by Crippen LogP contribution is -2.32. The van der Waals surface area contributed by atoms with Gasteiger partial charge in [-0.05, 0) is 42.0 Å². The molecule has 0 unspecified atom stereocenters. The minimum Gasteiger partial charge on any atom is -0.497 e. The number of ether oxygens (including phenoxy) is 1. The third-order valence-corrected chi connectivity index (χ3v) is 3.96. The number of halogens is 1. The Morgan fingerprint density at radius 3 is 2.56 bits per heavy atom. The average molecular weight is 384 g/mol. The molecule has 0 saturated heterocycles. The molecule has 0 saturated carbocycles. The Kier molecular flexibility index (Phi) is 5.38.